The minimum Gasteiger partial charge on any atom is -0.455 e. The quantitative estimate of drug-likeness (QED) is 0.201. The van der Waals surface area contributed by atoms with Gasteiger partial charge in [0, 0.05) is 36.5 Å². The Bertz CT molecular complexity index is 3120. The van der Waals surface area contributed by atoms with Crippen molar-refractivity contribution in [1.29, 1.82) is 0 Å². The number of nitrogens with one attached hydrogen (secondary N) is 1. The summed E-state index contributed by atoms with van der Waals surface area (Å²) in [6, 6.07) is 58.0. The van der Waals surface area contributed by atoms with Gasteiger partial charge in [-0.1, -0.05) is 127 Å². The van der Waals surface area contributed by atoms with Crippen LogP contribution in [0, 0.1) is 0 Å². The summed E-state index contributed by atoms with van der Waals surface area (Å²) in [5.41, 5.74) is 7.00. The van der Waals surface area contributed by atoms with Gasteiger partial charge in [-0.2, -0.15) is 0 Å². The molecule has 1 aliphatic heterocycles. The maximum atomic E-state index is 6.69. The first kappa shape index (κ1) is 29.2. The number of rotatable bonds is 4. The molecule has 0 spiro atoms. The first-order chi connectivity index (χ1) is 25.7. The molecule has 244 valence electrons. The lowest BCUT2D eigenvalue weighted by Gasteiger charge is -2.24. The van der Waals surface area contributed by atoms with E-state index in [0.29, 0.717) is 5.84 Å². The lowest BCUT2D eigenvalue weighted by Crippen LogP contribution is -2.33. The van der Waals surface area contributed by atoms with Crippen LogP contribution in [0.1, 0.15) is 22.9 Å². The van der Waals surface area contributed by atoms with Gasteiger partial charge in [-0.3, -0.25) is 0 Å². The Morgan fingerprint density at radius 2 is 1.27 bits per heavy atom. The molecule has 0 bridgehead atoms. The molecule has 8 aromatic carbocycles. The first-order valence-electron chi connectivity index (χ1n) is 17.5. The molecule has 52 heavy (non-hydrogen) atoms. The Hall–Kier alpha value is -6.56. The number of nitrogens with zero attached hydrogens (tertiary/aromatic N) is 2. The Kier molecular flexibility index (Phi) is 6.45. The summed E-state index contributed by atoms with van der Waals surface area (Å²) in [6.45, 7) is 0. The predicted molar refractivity (Wildman–Crippen MR) is 219 cm³/mol. The maximum Gasteiger partial charge on any atom is 0.159 e. The van der Waals surface area contributed by atoms with E-state index in [4.69, 9.17) is 14.4 Å². The Morgan fingerprint density at radius 1 is 0.519 bits per heavy atom. The number of fused-ring (bicyclic) bond motifs is 9. The average Bonchev–Trinajstić information content (AvgIpc) is 3.79. The van der Waals surface area contributed by atoms with Crippen molar-refractivity contribution >= 4 is 86.7 Å². The van der Waals surface area contributed by atoms with E-state index >= 15 is 0 Å². The number of thiophene rings is 1. The molecule has 11 rings (SSSR count). The SMILES string of the molecule is c1ccc(-c2cc(C3N=C(c4ccc5ccccc5c4)N=C(c4cccc5c4oc4ccc6ccccc6c45)N3)cc3sc4ccccc4c23)cc1. The lowest BCUT2D eigenvalue weighted by atomic mass is 9.96. The van der Waals surface area contributed by atoms with Gasteiger partial charge in [0.05, 0.1) is 5.56 Å². The number of hydrogen-bond donors (Lipinski definition) is 1. The van der Waals surface area contributed by atoms with Gasteiger partial charge in [0.15, 0.2) is 5.84 Å². The number of hydrogen-bond acceptors (Lipinski definition) is 5. The summed E-state index contributed by atoms with van der Waals surface area (Å²) >= 11 is 1.83. The summed E-state index contributed by atoms with van der Waals surface area (Å²) in [6.07, 6.45) is -0.397. The first-order valence-corrected chi connectivity index (χ1v) is 18.3. The van der Waals surface area contributed by atoms with Gasteiger partial charge in [0.2, 0.25) is 0 Å². The Labute approximate surface area is 303 Å². The molecular weight excluding hydrogens is 655 g/mol. The highest BCUT2D eigenvalue weighted by molar-refractivity contribution is 7.26. The van der Waals surface area contributed by atoms with E-state index in [0.717, 1.165) is 49.9 Å². The Balaban J connectivity index is 1.14. The van der Waals surface area contributed by atoms with Crippen molar-refractivity contribution in [2.24, 2.45) is 9.98 Å². The van der Waals surface area contributed by atoms with E-state index in [1.54, 1.807) is 0 Å². The van der Waals surface area contributed by atoms with Crippen LogP contribution < -0.4 is 5.32 Å². The van der Waals surface area contributed by atoms with Gasteiger partial charge in [0.25, 0.3) is 0 Å². The second kappa shape index (κ2) is 11.5. The molecule has 0 radical (unpaired) electrons. The fraction of sp³-hybridized carbons (Fsp3) is 0.0213. The number of benzene rings is 8. The van der Waals surface area contributed by atoms with Crippen LogP contribution in [0.15, 0.2) is 178 Å². The summed E-state index contributed by atoms with van der Waals surface area (Å²) in [5.74, 6) is 1.41. The lowest BCUT2D eigenvalue weighted by molar-refractivity contribution is 0.660. The van der Waals surface area contributed by atoms with Gasteiger partial charge in [0.1, 0.15) is 23.2 Å². The van der Waals surface area contributed by atoms with E-state index < -0.39 is 6.17 Å². The van der Waals surface area contributed by atoms with E-state index in [-0.39, 0.29) is 0 Å². The zero-order valence-electron chi connectivity index (χ0n) is 27.9. The average molecular weight is 684 g/mol. The molecule has 3 heterocycles. The summed E-state index contributed by atoms with van der Waals surface area (Å²) < 4.78 is 9.20. The van der Waals surface area contributed by atoms with Crippen molar-refractivity contribution in [1.82, 2.24) is 5.32 Å². The van der Waals surface area contributed by atoms with Crippen molar-refractivity contribution in [2.45, 2.75) is 6.17 Å². The van der Waals surface area contributed by atoms with Crippen LogP contribution in [0.4, 0.5) is 0 Å². The number of para-hydroxylation sites is 1. The predicted octanol–water partition coefficient (Wildman–Crippen LogP) is 12.4. The van der Waals surface area contributed by atoms with Crippen LogP contribution in [0.3, 0.4) is 0 Å². The van der Waals surface area contributed by atoms with Gasteiger partial charge in [-0.25, -0.2) is 9.98 Å². The van der Waals surface area contributed by atoms with Crippen LogP contribution >= 0.6 is 11.3 Å². The van der Waals surface area contributed by atoms with E-state index in [2.05, 4.69) is 169 Å². The number of furan rings is 1. The molecule has 0 saturated carbocycles. The molecule has 1 N–H and O–H groups in total. The smallest absolute Gasteiger partial charge is 0.159 e. The third-order valence-corrected chi connectivity index (χ3v) is 11.4. The van der Waals surface area contributed by atoms with Crippen molar-refractivity contribution in [3.05, 3.63) is 180 Å². The molecule has 0 amide bonds. The summed E-state index contributed by atoms with van der Waals surface area (Å²) in [4.78, 5) is 10.6. The highest BCUT2D eigenvalue weighted by Gasteiger charge is 2.26. The van der Waals surface area contributed by atoms with Crippen molar-refractivity contribution in [3.63, 3.8) is 0 Å². The van der Waals surface area contributed by atoms with Crippen LogP contribution in [0.2, 0.25) is 0 Å². The van der Waals surface area contributed by atoms with Gasteiger partial charge < -0.3 is 9.73 Å². The normalized spacial score (nSPS) is 14.7. The fourth-order valence-corrected chi connectivity index (χ4v) is 9.03. The molecule has 10 aromatic rings. The minimum atomic E-state index is -0.397. The van der Waals surface area contributed by atoms with E-state index in [1.165, 1.54) is 47.5 Å². The molecule has 0 aliphatic carbocycles. The zero-order chi connectivity index (χ0) is 34.2. The number of aliphatic imine (C=N–C) groups is 2. The molecular formula is C47H29N3OS. The minimum absolute atomic E-state index is 0.397. The van der Waals surface area contributed by atoms with Gasteiger partial charge in [-0.05, 0) is 74.6 Å². The third-order valence-electron chi connectivity index (χ3n) is 10.3. The molecule has 5 heteroatoms. The van der Waals surface area contributed by atoms with Crippen LogP contribution in [0.5, 0.6) is 0 Å². The molecule has 1 unspecified atom stereocenters. The maximum absolute atomic E-state index is 6.69. The topological polar surface area (TPSA) is 49.9 Å². The Morgan fingerprint density at radius 3 is 2.17 bits per heavy atom. The van der Waals surface area contributed by atoms with Crippen LogP contribution in [-0.2, 0) is 0 Å². The van der Waals surface area contributed by atoms with Crippen molar-refractivity contribution < 1.29 is 4.42 Å². The second-order valence-corrected chi connectivity index (χ2v) is 14.5. The van der Waals surface area contributed by atoms with E-state index in [9.17, 15) is 0 Å². The molecule has 0 fully saturated rings. The number of amidine groups is 2. The van der Waals surface area contributed by atoms with Crippen LogP contribution in [-0.4, -0.2) is 11.7 Å². The fourth-order valence-electron chi connectivity index (χ4n) is 7.85. The van der Waals surface area contributed by atoms with Crippen molar-refractivity contribution in [3.8, 4) is 11.1 Å². The molecule has 1 aliphatic rings. The largest absolute Gasteiger partial charge is 0.455 e. The van der Waals surface area contributed by atoms with Crippen LogP contribution in [0.25, 0.3) is 74.8 Å². The molecule has 1 atom stereocenters. The standard InChI is InChI=1S/C47H29N3OS/c1-2-12-29(13-3-1)38-26-33(27-41-43(38)35-17-8-9-20-40(35)52-41)46-48-45(32-22-21-28-11-4-5-15-31(28)25-32)49-47(50-46)37-19-10-18-36-42-34-16-7-6-14-30(34)23-24-39(42)51-44(36)37/h1-27,46H,(H,48,49,50). The monoisotopic (exact) mass is 683 g/mol. The molecule has 4 nitrogen and oxygen atoms in total. The summed E-state index contributed by atoms with van der Waals surface area (Å²) in [5, 5.41) is 13.2. The second-order valence-electron chi connectivity index (χ2n) is 13.4. The van der Waals surface area contributed by atoms with Crippen molar-refractivity contribution in [2.75, 3.05) is 0 Å². The highest BCUT2D eigenvalue weighted by Crippen LogP contribution is 2.43. The van der Waals surface area contributed by atoms with Gasteiger partial charge in [-0.15, -0.1) is 11.3 Å². The van der Waals surface area contributed by atoms with E-state index in [1.807, 2.05) is 11.3 Å². The summed E-state index contributed by atoms with van der Waals surface area (Å²) in [7, 11) is 0. The highest BCUT2D eigenvalue weighted by atomic mass is 32.1. The van der Waals surface area contributed by atoms with Gasteiger partial charge >= 0.3 is 0 Å². The molecule has 2 aromatic heterocycles. The molecule has 0 saturated heterocycles. The third kappa shape index (κ3) is 4.60. The zero-order valence-corrected chi connectivity index (χ0v) is 28.7.